The molecular weight excluding hydrogens is 336 g/mol. The van der Waals surface area contributed by atoms with E-state index >= 15 is 0 Å². The molecule has 1 fully saturated rings. The molecule has 1 aromatic carbocycles. The summed E-state index contributed by atoms with van der Waals surface area (Å²) in [6, 6.07) is 3.53. The molecule has 0 bridgehead atoms. The van der Waals surface area contributed by atoms with Gasteiger partial charge in [0.25, 0.3) is 0 Å². The number of hydrogen-bond donors (Lipinski definition) is 2. The maximum atomic E-state index is 11.9. The molecule has 7 nitrogen and oxygen atoms in total. The molecule has 2 N–H and O–H groups in total. The van der Waals surface area contributed by atoms with Crippen LogP contribution in [-0.2, 0) is 16.0 Å². The first-order valence-corrected chi connectivity index (χ1v) is 8.81. The van der Waals surface area contributed by atoms with Crippen molar-refractivity contribution in [1.29, 1.82) is 0 Å². The van der Waals surface area contributed by atoms with E-state index < -0.39 is 11.9 Å². The lowest BCUT2D eigenvalue weighted by atomic mass is 9.89. The minimum Gasteiger partial charge on any atom is -0.507 e. The molecule has 0 aromatic heterocycles. The minimum absolute atomic E-state index is 0.0417. The van der Waals surface area contributed by atoms with Gasteiger partial charge in [-0.1, -0.05) is 12.8 Å². The maximum Gasteiger partial charge on any atom is 0.341 e. The van der Waals surface area contributed by atoms with E-state index in [1.54, 1.807) is 6.07 Å². The predicted octanol–water partition coefficient (Wildman–Crippen LogP) is 1.93. The van der Waals surface area contributed by atoms with Gasteiger partial charge in [-0.05, 0) is 39.1 Å². The summed E-state index contributed by atoms with van der Waals surface area (Å²) in [4.78, 5) is 26.0. The molecule has 0 spiro atoms. The van der Waals surface area contributed by atoms with Crippen LogP contribution in [0.3, 0.4) is 0 Å². The number of methoxy groups -OCH3 is 2. The number of carbonyl (C=O) groups excluding carboxylic acids is 2. The topological polar surface area (TPSA) is 88.1 Å². The van der Waals surface area contributed by atoms with Crippen molar-refractivity contribution < 1.29 is 24.2 Å². The number of phenols is 1. The summed E-state index contributed by atoms with van der Waals surface area (Å²) in [6.07, 6.45) is 4.52. The normalized spacial score (nSPS) is 20.0. The Morgan fingerprint density at radius 1 is 1.15 bits per heavy atom. The molecular formula is C19H28N2O5. The van der Waals surface area contributed by atoms with E-state index in [1.165, 1.54) is 26.7 Å². The van der Waals surface area contributed by atoms with Crippen LogP contribution in [-0.4, -0.2) is 62.3 Å². The standard InChI is InChI=1S/C19H28N2O5/c1-21(2)16-8-6-5-7-15(16)20-11-13-9-12(18(23)25-3)10-14(17(13)22)19(24)26-4/h9-10,15-16,20,22H,5-8,11H2,1-4H3/t15-,16-/m1/s1. The third-order valence-electron chi connectivity index (χ3n) is 4.96. The van der Waals surface area contributed by atoms with Gasteiger partial charge in [0.05, 0.1) is 19.8 Å². The number of benzene rings is 1. The molecule has 0 amide bonds. The molecule has 7 heteroatoms. The van der Waals surface area contributed by atoms with Gasteiger partial charge in [-0.2, -0.15) is 0 Å². The van der Waals surface area contributed by atoms with Gasteiger partial charge < -0.3 is 24.8 Å². The van der Waals surface area contributed by atoms with Gasteiger partial charge in [0.2, 0.25) is 0 Å². The zero-order chi connectivity index (χ0) is 19.3. The van der Waals surface area contributed by atoms with Crippen LogP contribution >= 0.6 is 0 Å². The number of hydrogen-bond acceptors (Lipinski definition) is 7. The summed E-state index contributed by atoms with van der Waals surface area (Å²) in [7, 11) is 6.63. The summed E-state index contributed by atoms with van der Waals surface area (Å²) in [6.45, 7) is 0.343. The zero-order valence-electron chi connectivity index (χ0n) is 15.9. The second-order valence-corrected chi connectivity index (χ2v) is 6.82. The Balaban J connectivity index is 2.26. The van der Waals surface area contributed by atoms with Crippen LogP contribution in [0.2, 0.25) is 0 Å². The Kier molecular flexibility index (Phi) is 6.99. The molecule has 144 valence electrons. The first-order chi connectivity index (χ1) is 12.4. The van der Waals surface area contributed by atoms with Crippen molar-refractivity contribution in [2.24, 2.45) is 0 Å². The van der Waals surface area contributed by atoms with Crippen molar-refractivity contribution in [2.45, 2.75) is 44.3 Å². The van der Waals surface area contributed by atoms with Crippen molar-refractivity contribution in [1.82, 2.24) is 10.2 Å². The lowest BCUT2D eigenvalue weighted by Crippen LogP contribution is -2.48. The average molecular weight is 364 g/mol. The average Bonchev–Trinajstić information content (AvgIpc) is 2.65. The summed E-state index contributed by atoms with van der Waals surface area (Å²) in [5.41, 5.74) is 0.631. The van der Waals surface area contributed by atoms with Crippen LogP contribution in [0.5, 0.6) is 5.75 Å². The molecule has 2 atom stereocenters. The molecule has 1 saturated carbocycles. The van der Waals surface area contributed by atoms with Gasteiger partial charge in [0, 0.05) is 24.2 Å². The predicted molar refractivity (Wildman–Crippen MR) is 97.4 cm³/mol. The van der Waals surface area contributed by atoms with Crippen LogP contribution in [0.4, 0.5) is 0 Å². The van der Waals surface area contributed by atoms with Crippen molar-refractivity contribution >= 4 is 11.9 Å². The molecule has 0 saturated heterocycles. The van der Waals surface area contributed by atoms with E-state index in [1.807, 2.05) is 0 Å². The second kappa shape index (κ2) is 9.00. The SMILES string of the molecule is COC(=O)c1cc(CN[C@@H]2CCCC[C@H]2N(C)C)c(O)c(C(=O)OC)c1. The molecule has 0 aliphatic heterocycles. The molecule has 1 aliphatic carbocycles. The summed E-state index contributed by atoms with van der Waals surface area (Å²) >= 11 is 0. The molecule has 26 heavy (non-hydrogen) atoms. The van der Waals surface area contributed by atoms with Crippen LogP contribution in [0.15, 0.2) is 12.1 Å². The third kappa shape index (κ3) is 4.53. The van der Waals surface area contributed by atoms with E-state index in [9.17, 15) is 14.7 Å². The van der Waals surface area contributed by atoms with Gasteiger partial charge >= 0.3 is 11.9 Å². The van der Waals surface area contributed by atoms with Crippen molar-refractivity contribution in [3.05, 3.63) is 28.8 Å². The van der Waals surface area contributed by atoms with Crippen LogP contribution in [0, 0.1) is 0 Å². The monoisotopic (exact) mass is 364 g/mol. The van der Waals surface area contributed by atoms with E-state index in [4.69, 9.17) is 9.47 Å². The molecule has 2 rings (SSSR count). The molecule has 1 aliphatic rings. The Hall–Kier alpha value is -2.12. The number of ether oxygens (including phenoxy) is 2. The molecule has 0 heterocycles. The van der Waals surface area contributed by atoms with Crippen molar-refractivity contribution in [3.8, 4) is 5.75 Å². The highest BCUT2D eigenvalue weighted by atomic mass is 16.5. The largest absolute Gasteiger partial charge is 0.507 e. The van der Waals surface area contributed by atoms with Crippen molar-refractivity contribution in [2.75, 3.05) is 28.3 Å². The van der Waals surface area contributed by atoms with Crippen LogP contribution < -0.4 is 5.32 Å². The number of esters is 2. The molecule has 0 unspecified atom stereocenters. The Morgan fingerprint density at radius 3 is 2.42 bits per heavy atom. The van der Waals surface area contributed by atoms with Gasteiger partial charge in [-0.3, -0.25) is 0 Å². The zero-order valence-corrected chi connectivity index (χ0v) is 15.9. The van der Waals surface area contributed by atoms with E-state index in [0.717, 1.165) is 19.3 Å². The van der Waals surface area contributed by atoms with Crippen LogP contribution in [0.25, 0.3) is 0 Å². The first-order valence-electron chi connectivity index (χ1n) is 8.81. The van der Waals surface area contributed by atoms with Crippen molar-refractivity contribution in [3.63, 3.8) is 0 Å². The quantitative estimate of drug-likeness (QED) is 0.746. The fourth-order valence-electron chi connectivity index (χ4n) is 3.54. The number of carbonyl (C=O) groups is 2. The van der Waals surface area contributed by atoms with Gasteiger partial charge in [-0.25, -0.2) is 9.59 Å². The van der Waals surface area contributed by atoms with E-state index in [2.05, 4.69) is 24.3 Å². The molecule has 1 aromatic rings. The third-order valence-corrected chi connectivity index (χ3v) is 4.96. The fraction of sp³-hybridized carbons (Fsp3) is 0.579. The smallest absolute Gasteiger partial charge is 0.341 e. The molecule has 0 radical (unpaired) electrons. The van der Waals surface area contributed by atoms with E-state index in [-0.39, 0.29) is 22.9 Å². The number of nitrogens with zero attached hydrogens (tertiary/aromatic N) is 1. The maximum absolute atomic E-state index is 11.9. The van der Waals surface area contributed by atoms with Crippen LogP contribution in [0.1, 0.15) is 52.0 Å². The van der Waals surface area contributed by atoms with Gasteiger partial charge in [0.1, 0.15) is 11.3 Å². The highest BCUT2D eigenvalue weighted by Crippen LogP contribution is 2.27. The highest BCUT2D eigenvalue weighted by molar-refractivity contribution is 5.97. The number of likely N-dealkylation sites (N-methyl/N-ethyl adjacent to an activating group) is 1. The summed E-state index contributed by atoms with van der Waals surface area (Å²) < 4.78 is 9.45. The Bertz CT molecular complexity index is 660. The number of nitrogens with one attached hydrogen (secondary N) is 1. The van der Waals surface area contributed by atoms with Gasteiger partial charge in [-0.15, -0.1) is 0 Å². The highest BCUT2D eigenvalue weighted by Gasteiger charge is 2.27. The van der Waals surface area contributed by atoms with E-state index in [0.29, 0.717) is 18.2 Å². The fourth-order valence-corrected chi connectivity index (χ4v) is 3.54. The number of rotatable bonds is 6. The minimum atomic E-state index is -0.696. The second-order valence-electron chi connectivity index (χ2n) is 6.82. The van der Waals surface area contributed by atoms with Gasteiger partial charge in [0.15, 0.2) is 0 Å². The Labute approximate surface area is 154 Å². The Morgan fingerprint density at radius 2 is 1.81 bits per heavy atom. The summed E-state index contributed by atoms with van der Waals surface area (Å²) in [5.74, 6) is -1.44. The summed E-state index contributed by atoms with van der Waals surface area (Å²) in [5, 5.41) is 13.9. The lowest BCUT2D eigenvalue weighted by Gasteiger charge is -2.36. The number of phenolic OH excluding ortho intramolecular Hbond substituents is 1. The number of aromatic hydroxyl groups is 1. The lowest BCUT2D eigenvalue weighted by molar-refractivity contribution is 0.0596. The first kappa shape index (κ1) is 20.2.